The van der Waals surface area contributed by atoms with Crippen molar-refractivity contribution in [2.24, 2.45) is 0 Å². The van der Waals surface area contributed by atoms with E-state index in [0.717, 1.165) is 16.3 Å². The molecule has 0 aromatic heterocycles. The maximum Gasteiger partial charge on any atom is 0.0687 e. The Morgan fingerprint density at radius 2 is 2.12 bits per heavy atom. The van der Waals surface area contributed by atoms with Crippen molar-refractivity contribution in [3.05, 3.63) is 28.8 Å². The first-order valence-electron chi connectivity index (χ1n) is 5.34. The molecule has 1 unspecified atom stereocenters. The molecule has 0 spiro atoms. The molecule has 3 nitrogen and oxygen atoms in total. The first-order valence-corrected chi connectivity index (χ1v) is 5.72. The molecule has 1 aromatic rings. The monoisotopic (exact) mass is 243 g/mol. The molecule has 4 heteroatoms. The Morgan fingerprint density at radius 3 is 2.62 bits per heavy atom. The lowest BCUT2D eigenvalue weighted by Gasteiger charge is -2.25. The average molecular weight is 244 g/mol. The lowest BCUT2D eigenvalue weighted by molar-refractivity contribution is 0.197. The van der Waals surface area contributed by atoms with E-state index in [1.165, 1.54) is 0 Å². The highest BCUT2D eigenvalue weighted by Crippen LogP contribution is 2.22. The molecule has 0 aliphatic rings. The van der Waals surface area contributed by atoms with E-state index in [9.17, 15) is 5.11 Å². The minimum Gasteiger partial charge on any atom is -0.395 e. The quantitative estimate of drug-likeness (QED) is 0.829. The van der Waals surface area contributed by atoms with Crippen LogP contribution in [0.15, 0.2) is 18.2 Å². The zero-order valence-electron chi connectivity index (χ0n) is 9.65. The molecule has 0 bridgehead atoms. The number of benzene rings is 1. The summed E-state index contributed by atoms with van der Waals surface area (Å²) in [6, 6.07) is 5.69. The molecule has 0 aliphatic heterocycles. The number of rotatable bonds is 5. The van der Waals surface area contributed by atoms with Gasteiger partial charge in [0.15, 0.2) is 0 Å². The molecule has 1 aromatic carbocycles. The Balaban J connectivity index is 2.87. The van der Waals surface area contributed by atoms with E-state index in [1.807, 2.05) is 30.0 Å². The van der Waals surface area contributed by atoms with Crippen LogP contribution in [0.1, 0.15) is 12.5 Å². The van der Waals surface area contributed by atoms with Crippen molar-refractivity contribution >= 4 is 17.3 Å². The van der Waals surface area contributed by atoms with E-state index < -0.39 is 6.10 Å². The van der Waals surface area contributed by atoms with E-state index in [1.54, 1.807) is 6.92 Å². The highest BCUT2D eigenvalue weighted by atomic mass is 35.5. The summed E-state index contributed by atoms with van der Waals surface area (Å²) in [5.41, 5.74) is 1.96. The third kappa shape index (κ3) is 3.67. The number of halogens is 1. The predicted octanol–water partition coefficient (Wildman–Crippen LogP) is 1.83. The van der Waals surface area contributed by atoms with Gasteiger partial charge in [0.05, 0.1) is 12.7 Å². The van der Waals surface area contributed by atoms with Crippen LogP contribution in [0, 0.1) is 6.92 Å². The van der Waals surface area contributed by atoms with Crippen LogP contribution >= 0.6 is 11.6 Å². The van der Waals surface area contributed by atoms with E-state index in [0.29, 0.717) is 13.1 Å². The second-order valence-electron chi connectivity index (χ2n) is 3.95. The minimum atomic E-state index is -0.428. The molecular weight excluding hydrogens is 226 g/mol. The van der Waals surface area contributed by atoms with E-state index in [2.05, 4.69) is 0 Å². The van der Waals surface area contributed by atoms with Crippen LogP contribution in [-0.2, 0) is 0 Å². The number of anilines is 1. The van der Waals surface area contributed by atoms with Crippen molar-refractivity contribution in [1.29, 1.82) is 0 Å². The summed E-state index contributed by atoms with van der Waals surface area (Å²) in [4.78, 5) is 1.94. The van der Waals surface area contributed by atoms with Crippen LogP contribution in [0.2, 0.25) is 5.02 Å². The Hall–Kier alpha value is -0.770. The summed E-state index contributed by atoms with van der Waals surface area (Å²) in [5.74, 6) is 0. The molecule has 0 heterocycles. The topological polar surface area (TPSA) is 43.7 Å². The van der Waals surface area contributed by atoms with Gasteiger partial charge in [-0.3, -0.25) is 0 Å². The Morgan fingerprint density at radius 1 is 1.44 bits per heavy atom. The molecule has 2 N–H and O–H groups in total. The molecule has 16 heavy (non-hydrogen) atoms. The first kappa shape index (κ1) is 13.3. The summed E-state index contributed by atoms with van der Waals surface area (Å²) in [5, 5.41) is 19.1. The van der Waals surface area contributed by atoms with Gasteiger partial charge in [-0.15, -0.1) is 0 Å². The van der Waals surface area contributed by atoms with Crippen LogP contribution < -0.4 is 4.90 Å². The zero-order chi connectivity index (χ0) is 12.1. The number of aliphatic hydroxyl groups is 2. The van der Waals surface area contributed by atoms with Gasteiger partial charge in [0, 0.05) is 23.8 Å². The van der Waals surface area contributed by atoms with Gasteiger partial charge in [-0.05, 0) is 37.6 Å². The van der Waals surface area contributed by atoms with E-state index >= 15 is 0 Å². The van der Waals surface area contributed by atoms with Crippen LogP contribution in [0.3, 0.4) is 0 Å². The lowest BCUT2D eigenvalue weighted by Crippen LogP contribution is -2.33. The summed E-state index contributed by atoms with van der Waals surface area (Å²) >= 11 is 5.95. The van der Waals surface area contributed by atoms with Crippen molar-refractivity contribution in [3.8, 4) is 0 Å². The van der Waals surface area contributed by atoms with Gasteiger partial charge in [-0.2, -0.15) is 0 Å². The minimum absolute atomic E-state index is 0.0639. The fourth-order valence-corrected chi connectivity index (χ4v) is 1.71. The Labute approximate surface area is 101 Å². The lowest BCUT2D eigenvalue weighted by atomic mass is 10.2. The predicted molar refractivity (Wildman–Crippen MR) is 67.2 cm³/mol. The van der Waals surface area contributed by atoms with Crippen LogP contribution in [0.25, 0.3) is 0 Å². The smallest absolute Gasteiger partial charge is 0.0687 e. The van der Waals surface area contributed by atoms with Crippen molar-refractivity contribution in [3.63, 3.8) is 0 Å². The highest BCUT2D eigenvalue weighted by molar-refractivity contribution is 6.31. The molecular formula is C12H18ClNO2. The van der Waals surface area contributed by atoms with Gasteiger partial charge in [0.2, 0.25) is 0 Å². The van der Waals surface area contributed by atoms with Crippen LogP contribution in [0.4, 0.5) is 5.69 Å². The molecule has 1 atom stereocenters. The van der Waals surface area contributed by atoms with E-state index in [-0.39, 0.29) is 6.61 Å². The second kappa shape index (κ2) is 6.09. The number of hydrogen-bond donors (Lipinski definition) is 2. The molecule has 0 fully saturated rings. The zero-order valence-corrected chi connectivity index (χ0v) is 10.4. The molecule has 0 aliphatic carbocycles. The van der Waals surface area contributed by atoms with Crippen molar-refractivity contribution in [2.45, 2.75) is 20.0 Å². The highest BCUT2D eigenvalue weighted by Gasteiger charge is 2.09. The first-order chi connectivity index (χ1) is 7.54. The molecule has 0 amide bonds. The van der Waals surface area contributed by atoms with Crippen molar-refractivity contribution < 1.29 is 10.2 Å². The maximum atomic E-state index is 9.39. The molecule has 0 saturated heterocycles. The Kier molecular flexibility index (Phi) is 5.06. The van der Waals surface area contributed by atoms with Crippen molar-refractivity contribution in [1.82, 2.24) is 0 Å². The normalized spacial score (nSPS) is 12.6. The molecule has 0 saturated carbocycles. The standard InChI is InChI=1S/C12H18ClNO2/c1-9-7-11(3-4-12(9)13)14(5-6-15)8-10(2)16/h3-4,7,10,15-16H,5-6,8H2,1-2H3. The number of hydrogen-bond acceptors (Lipinski definition) is 3. The SMILES string of the molecule is Cc1cc(N(CCO)CC(C)O)ccc1Cl. The van der Waals surface area contributed by atoms with Crippen LogP contribution in [-0.4, -0.2) is 36.0 Å². The van der Waals surface area contributed by atoms with Gasteiger partial charge in [0.25, 0.3) is 0 Å². The largest absolute Gasteiger partial charge is 0.395 e. The Bertz CT molecular complexity index is 342. The number of aryl methyl sites for hydroxylation is 1. The summed E-state index contributed by atoms with van der Waals surface area (Å²) in [7, 11) is 0. The van der Waals surface area contributed by atoms with Crippen LogP contribution in [0.5, 0.6) is 0 Å². The van der Waals surface area contributed by atoms with Gasteiger partial charge in [0.1, 0.15) is 0 Å². The third-order valence-corrected chi connectivity index (χ3v) is 2.79. The van der Waals surface area contributed by atoms with Gasteiger partial charge >= 0.3 is 0 Å². The van der Waals surface area contributed by atoms with Gasteiger partial charge in [-0.1, -0.05) is 11.6 Å². The summed E-state index contributed by atoms with van der Waals surface area (Å²) < 4.78 is 0. The summed E-state index contributed by atoms with van der Waals surface area (Å²) in [6.07, 6.45) is -0.428. The average Bonchev–Trinajstić information content (AvgIpc) is 2.21. The molecule has 90 valence electrons. The maximum absolute atomic E-state index is 9.39. The number of nitrogens with zero attached hydrogens (tertiary/aromatic N) is 1. The van der Waals surface area contributed by atoms with E-state index in [4.69, 9.17) is 16.7 Å². The van der Waals surface area contributed by atoms with Gasteiger partial charge < -0.3 is 15.1 Å². The number of aliphatic hydroxyl groups excluding tert-OH is 2. The van der Waals surface area contributed by atoms with Gasteiger partial charge in [-0.25, -0.2) is 0 Å². The third-order valence-electron chi connectivity index (χ3n) is 2.36. The van der Waals surface area contributed by atoms with Crippen molar-refractivity contribution in [2.75, 3.05) is 24.6 Å². The fourth-order valence-electron chi connectivity index (χ4n) is 1.59. The fraction of sp³-hybridized carbons (Fsp3) is 0.500. The summed E-state index contributed by atoms with van der Waals surface area (Å²) in [6.45, 7) is 4.74. The second-order valence-corrected chi connectivity index (χ2v) is 4.36. The molecule has 0 radical (unpaired) electrons. The molecule has 1 rings (SSSR count).